The number of rotatable bonds is 5. The van der Waals surface area contributed by atoms with E-state index in [0.717, 1.165) is 11.1 Å². The second-order valence-corrected chi connectivity index (χ2v) is 7.47. The predicted molar refractivity (Wildman–Crippen MR) is 86.1 cm³/mol. The van der Waals surface area contributed by atoms with Crippen LogP contribution in [0.3, 0.4) is 0 Å². The highest BCUT2D eigenvalue weighted by Crippen LogP contribution is 2.28. The van der Waals surface area contributed by atoms with Crippen LogP contribution in [0.5, 0.6) is 0 Å². The van der Waals surface area contributed by atoms with Gasteiger partial charge >= 0.3 is 0 Å². The number of aryl methyl sites for hydroxylation is 1. The van der Waals surface area contributed by atoms with E-state index in [1.807, 2.05) is 49.4 Å². The highest BCUT2D eigenvalue weighted by atomic mass is 32.2. The monoisotopic (exact) mass is 303 g/mol. The maximum absolute atomic E-state index is 12.9. The summed E-state index contributed by atoms with van der Waals surface area (Å²) in [7, 11) is -1.60. The van der Waals surface area contributed by atoms with Gasteiger partial charge in [-0.25, -0.2) is 8.42 Å². The first-order valence-corrected chi connectivity index (χ1v) is 8.55. The predicted octanol–water partition coefficient (Wildman–Crippen LogP) is 3.12. The second-order valence-electron chi connectivity index (χ2n) is 5.19. The van der Waals surface area contributed by atoms with E-state index in [-0.39, 0.29) is 6.04 Å². The molecule has 4 heteroatoms. The summed E-state index contributed by atoms with van der Waals surface area (Å²) >= 11 is 0. The average molecular weight is 303 g/mol. The maximum Gasteiger partial charge on any atom is 0.183 e. The Morgan fingerprint density at radius 3 is 2.10 bits per heavy atom. The van der Waals surface area contributed by atoms with Crippen molar-refractivity contribution in [1.82, 2.24) is 5.32 Å². The molecule has 2 aromatic rings. The van der Waals surface area contributed by atoms with Gasteiger partial charge in [-0.2, -0.15) is 0 Å². The van der Waals surface area contributed by atoms with Crippen molar-refractivity contribution in [3.63, 3.8) is 0 Å². The van der Waals surface area contributed by atoms with Crippen LogP contribution >= 0.6 is 0 Å². The molecular formula is C17H21NO2S. The van der Waals surface area contributed by atoms with Gasteiger partial charge in [0.15, 0.2) is 9.84 Å². The maximum atomic E-state index is 12.9. The van der Waals surface area contributed by atoms with Crippen molar-refractivity contribution in [3.8, 4) is 0 Å². The second kappa shape index (κ2) is 6.41. The molecule has 0 aromatic heterocycles. The summed E-state index contributed by atoms with van der Waals surface area (Å²) in [5.74, 6) is 0. The molecule has 2 rings (SSSR count). The molecule has 0 fully saturated rings. The van der Waals surface area contributed by atoms with Crippen molar-refractivity contribution in [2.75, 3.05) is 7.05 Å². The Bertz CT molecular complexity index is 696. The lowest BCUT2D eigenvalue weighted by atomic mass is 10.0. The van der Waals surface area contributed by atoms with Crippen molar-refractivity contribution in [1.29, 1.82) is 0 Å². The van der Waals surface area contributed by atoms with Crippen molar-refractivity contribution in [2.45, 2.75) is 30.0 Å². The van der Waals surface area contributed by atoms with E-state index < -0.39 is 15.1 Å². The zero-order valence-electron chi connectivity index (χ0n) is 12.6. The third kappa shape index (κ3) is 3.17. The molecule has 0 aliphatic carbocycles. The Labute approximate surface area is 126 Å². The Balaban J connectivity index is 2.42. The minimum absolute atomic E-state index is 0.240. The van der Waals surface area contributed by atoms with Gasteiger partial charge in [0.2, 0.25) is 0 Å². The summed E-state index contributed by atoms with van der Waals surface area (Å²) in [5, 5.41) is 2.58. The Hall–Kier alpha value is -1.65. The highest BCUT2D eigenvalue weighted by molar-refractivity contribution is 7.92. The molecule has 1 N–H and O–H groups in total. The highest BCUT2D eigenvalue weighted by Gasteiger charge is 2.31. The van der Waals surface area contributed by atoms with Gasteiger partial charge in [0.05, 0.1) is 10.1 Å². The van der Waals surface area contributed by atoms with Crippen molar-refractivity contribution >= 4 is 9.84 Å². The fourth-order valence-corrected chi connectivity index (χ4v) is 4.42. The Kier molecular flexibility index (Phi) is 4.80. The largest absolute Gasteiger partial charge is 0.312 e. The SMILES string of the molecule is CNC(c1ccccc1)C(C)S(=O)(=O)c1ccccc1C. The summed E-state index contributed by atoms with van der Waals surface area (Å²) < 4.78 is 25.8. The Morgan fingerprint density at radius 2 is 1.52 bits per heavy atom. The van der Waals surface area contributed by atoms with Crippen LogP contribution in [0.15, 0.2) is 59.5 Å². The number of hydrogen-bond donors (Lipinski definition) is 1. The smallest absolute Gasteiger partial charge is 0.183 e. The van der Waals surface area contributed by atoms with Gasteiger partial charge in [-0.1, -0.05) is 48.5 Å². The van der Waals surface area contributed by atoms with Crippen LogP contribution in [0.25, 0.3) is 0 Å². The quantitative estimate of drug-likeness (QED) is 0.923. The fourth-order valence-electron chi connectivity index (χ4n) is 2.59. The normalized spacial score (nSPS) is 14.6. The van der Waals surface area contributed by atoms with Gasteiger partial charge in [0, 0.05) is 6.04 Å². The van der Waals surface area contributed by atoms with Crippen molar-refractivity contribution < 1.29 is 8.42 Å². The molecule has 21 heavy (non-hydrogen) atoms. The summed E-state index contributed by atoms with van der Waals surface area (Å²) in [6.07, 6.45) is 0. The van der Waals surface area contributed by atoms with Gasteiger partial charge in [-0.3, -0.25) is 0 Å². The fraction of sp³-hybridized carbons (Fsp3) is 0.294. The van der Waals surface area contributed by atoms with E-state index in [2.05, 4.69) is 5.32 Å². The lowest BCUT2D eigenvalue weighted by Crippen LogP contribution is -2.33. The van der Waals surface area contributed by atoms with Crippen LogP contribution in [-0.2, 0) is 9.84 Å². The van der Waals surface area contributed by atoms with Gasteiger partial charge in [0.1, 0.15) is 0 Å². The number of sulfone groups is 1. The van der Waals surface area contributed by atoms with Crippen LogP contribution in [-0.4, -0.2) is 20.7 Å². The summed E-state index contributed by atoms with van der Waals surface area (Å²) in [5.41, 5.74) is 1.76. The van der Waals surface area contributed by atoms with E-state index in [0.29, 0.717) is 4.90 Å². The van der Waals surface area contributed by atoms with Gasteiger partial charge in [0.25, 0.3) is 0 Å². The molecule has 2 aromatic carbocycles. The first-order valence-electron chi connectivity index (χ1n) is 7.00. The summed E-state index contributed by atoms with van der Waals surface area (Å²) in [4.78, 5) is 0.411. The Morgan fingerprint density at radius 1 is 0.952 bits per heavy atom. The third-order valence-electron chi connectivity index (χ3n) is 3.83. The summed E-state index contributed by atoms with van der Waals surface area (Å²) in [6.45, 7) is 3.59. The number of benzene rings is 2. The molecule has 3 nitrogen and oxygen atoms in total. The van der Waals surface area contributed by atoms with Crippen LogP contribution < -0.4 is 5.32 Å². The van der Waals surface area contributed by atoms with Crippen LogP contribution in [0, 0.1) is 6.92 Å². The molecule has 0 aliphatic rings. The average Bonchev–Trinajstić information content (AvgIpc) is 2.49. The lowest BCUT2D eigenvalue weighted by Gasteiger charge is -2.24. The molecule has 2 unspecified atom stereocenters. The van der Waals surface area contributed by atoms with Crippen molar-refractivity contribution in [2.24, 2.45) is 0 Å². The standard InChI is InChI=1S/C17H21NO2S/c1-13-9-7-8-12-16(13)21(19,20)14(2)17(18-3)15-10-5-4-6-11-15/h4-12,14,17-18H,1-3H3. The third-order valence-corrected chi connectivity index (χ3v) is 6.15. The van der Waals surface area contributed by atoms with E-state index in [9.17, 15) is 8.42 Å². The zero-order chi connectivity index (χ0) is 15.5. The molecule has 0 amide bonds. The van der Waals surface area contributed by atoms with Crippen molar-refractivity contribution in [3.05, 3.63) is 65.7 Å². The van der Waals surface area contributed by atoms with Gasteiger partial charge in [-0.15, -0.1) is 0 Å². The molecule has 0 radical (unpaired) electrons. The molecule has 112 valence electrons. The molecule has 2 atom stereocenters. The molecule has 0 saturated carbocycles. The first-order chi connectivity index (χ1) is 9.98. The molecular weight excluding hydrogens is 282 g/mol. The minimum atomic E-state index is -3.39. The number of hydrogen-bond acceptors (Lipinski definition) is 3. The molecule has 0 saturated heterocycles. The minimum Gasteiger partial charge on any atom is -0.312 e. The van der Waals surface area contributed by atoms with E-state index >= 15 is 0 Å². The topological polar surface area (TPSA) is 46.2 Å². The van der Waals surface area contributed by atoms with Crippen LogP contribution in [0.1, 0.15) is 24.1 Å². The van der Waals surface area contributed by atoms with E-state index in [4.69, 9.17) is 0 Å². The van der Waals surface area contributed by atoms with E-state index in [1.54, 1.807) is 26.1 Å². The molecule has 0 bridgehead atoms. The zero-order valence-corrected chi connectivity index (χ0v) is 13.4. The van der Waals surface area contributed by atoms with Gasteiger partial charge < -0.3 is 5.32 Å². The lowest BCUT2D eigenvalue weighted by molar-refractivity contribution is 0.530. The van der Waals surface area contributed by atoms with Crippen LogP contribution in [0.4, 0.5) is 0 Å². The number of nitrogens with one attached hydrogen (secondary N) is 1. The van der Waals surface area contributed by atoms with Gasteiger partial charge in [-0.05, 0) is 38.1 Å². The van der Waals surface area contributed by atoms with Crippen LogP contribution in [0.2, 0.25) is 0 Å². The first kappa shape index (κ1) is 15.7. The molecule has 0 aliphatic heterocycles. The molecule has 0 spiro atoms. The summed E-state index contributed by atoms with van der Waals surface area (Å²) in [6, 6.07) is 16.6. The van der Waals surface area contributed by atoms with E-state index in [1.165, 1.54) is 0 Å². The molecule has 0 heterocycles.